The van der Waals surface area contributed by atoms with Crippen LogP contribution in [0.1, 0.15) is 194 Å². The van der Waals surface area contributed by atoms with Crippen LogP contribution in [0.25, 0.3) is 0 Å². The predicted octanol–water partition coefficient (Wildman–Crippen LogP) is 14.9. The molecule has 0 aromatic rings. The lowest BCUT2D eigenvalue weighted by Crippen LogP contribution is -2.12. The van der Waals surface area contributed by atoms with Crippen LogP contribution in [0.4, 0.5) is 0 Å². The van der Waals surface area contributed by atoms with E-state index in [2.05, 4.69) is 93.6 Å². The first-order valence-corrected chi connectivity index (χ1v) is 20.1. The third-order valence-electron chi connectivity index (χ3n) is 8.94. The maximum atomic E-state index is 2.59. The first kappa shape index (κ1) is 43.7. The predicted molar refractivity (Wildman–Crippen MR) is 208 cm³/mol. The molecule has 45 heavy (non-hydrogen) atoms. The molecule has 0 bridgehead atoms. The Morgan fingerprint density at radius 1 is 0.378 bits per heavy atom. The highest BCUT2D eigenvalue weighted by atomic mass is 15.0. The summed E-state index contributed by atoms with van der Waals surface area (Å²) in [6.45, 7) is 5.75. The van der Waals surface area contributed by atoms with Crippen LogP contribution in [0.5, 0.6) is 0 Å². The number of hydrogen-bond acceptors (Lipinski definition) is 1. The van der Waals surface area contributed by atoms with Crippen molar-refractivity contribution in [3.63, 3.8) is 0 Å². The van der Waals surface area contributed by atoms with Gasteiger partial charge >= 0.3 is 0 Å². The van der Waals surface area contributed by atoms with Crippen LogP contribution in [-0.2, 0) is 0 Å². The monoisotopic (exact) mass is 624 g/mol. The summed E-state index contributed by atoms with van der Waals surface area (Å²) in [6, 6.07) is 0. The Bertz CT molecular complexity index is 646. The van der Waals surface area contributed by atoms with Gasteiger partial charge in [0.25, 0.3) is 0 Å². The first-order valence-electron chi connectivity index (χ1n) is 20.1. The van der Waals surface area contributed by atoms with Gasteiger partial charge in [0, 0.05) is 0 Å². The lowest BCUT2D eigenvalue weighted by atomic mass is 9.93. The molecule has 0 rings (SSSR count). The van der Waals surface area contributed by atoms with Gasteiger partial charge in [-0.25, -0.2) is 0 Å². The Kier molecular flexibility index (Phi) is 37.7. The van der Waals surface area contributed by atoms with E-state index in [4.69, 9.17) is 0 Å². The summed E-state index contributed by atoms with van der Waals surface area (Å²) in [7, 11) is 4.37. The fourth-order valence-electron chi connectivity index (χ4n) is 5.94. The fraction of sp³-hybridized carbons (Fsp3) is 0.773. The van der Waals surface area contributed by atoms with Crippen LogP contribution < -0.4 is 0 Å². The topological polar surface area (TPSA) is 3.24 Å². The van der Waals surface area contributed by atoms with Gasteiger partial charge in [-0.3, -0.25) is 0 Å². The molecule has 0 N–H and O–H groups in total. The van der Waals surface area contributed by atoms with Gasteiger partial charge in [-0.05, 0) is 116 Å². The van der Waals surface area contributed by atoms with Crippen molar-refractivity contribution >= 4 is 0 Å². The van der Waals surface area contributed by atoms with Crippen LogP contribution in [0, 0.1) is 5.92 Å². The van der Waals surface area contributed by atoms with Gasteiger partial charge in [0.15, 0.2) is 0 Å². The van der Waals surface area contributed by atoms with Crippen molar-refractivity contribution in [3.05, 3.63) is 60.8 Å². The normalized spacial score (nSPS) is 12.8. The molecule has 1 nitrogen and oxygen atoms in total. The van der Waals surface area contributed by atoms with Crippen LogP contribution in [0.2, 0.25) is 0 Å². The van der Waals surface area contributed by atoms with E-state index >= 15 is 0 Å². The van der Waals surface area contributed by atoms with Gasteiger partial charge in [0.1, 0.15) is 0 Å². The SMILES string of the molecule is CCCCC/C=C\C/C=C\CCCCCCCCC(/C=C/CCCN(C)C)CCCCCCCC/C=C\C/C=C\CCCCC. The van der Waals surface area contributed by atoms with E-state index in [1.165, 1.54) is 173 Å². The smallest absolute Gasteiger partial charge is 0.00219 e. The number of allylic oxidation sites excluding steroid dienone is 10. The lowest BCUT2D eigenvalue weighted by Gasteiger charge is -2.13. The molecule has 0 aliphatic rings. The molecule has 0 aromatic heterocycles. The molecule has 0 aliphatic heterocycles. The van der Waals surface area contributed by atoms with Crippen LogP contribution >= 0.6 is 0 Å². The largest absolute Gasteiger partial charge is 0.309 e. The summed E-state index contributed by atoms with van der Waals surface area (Å²) in [4.78, 5) is 2.31. The van der Waals surface area contributed by atoms with Crippen LogP contribution in [0.15, 0.2) is 60.8 Å². The first-order chi connectivity index (χ1) is 22.2. The number of rotatable bonds is 35. The van der Waals surface area contributed by atoms with Gasteiger partial charge < -0.3 is 4.90 Å². The molecule has 0 spiro atoms. The van der Waals surface area contributed by atoms with E-state index in [-0.39, 0.29) is 0 Å². The Labute approximate surface area is 285 Å². The summed E-state index contributed by atoms with van der Waals surface area (Å²) >= 11 is 0. The molecule has 0 saturated carbocycles. The molecular formula is C44H81N. The van der Waals surface area contributed by atoms with Crippen molar-refractivity contribution in [1.82, 2.24) is 4.90 Å². The van der Waals surface area contributed by atoms with E-state index in [0.29, 0.717) is 0 Å². The molecule has 0 aliphatic carbocycles. The summed E-state index contributed by atoms with van der Waals surface area (Å²) in [6.07, 6.45) is 61.6. The average molecular weight is 624 g/mol. The van der Waals surface area contributed by atoms with Gasteiger partial charge in [0.2, 0.25) is 0 Å². The second kappa shape index (κ2) is 38.8. The van der Waals surface area contributed by atoms with Crippen LogP contribution in [-0.4, -0.2) is 25.5 Å². The highest BCUT2D eigenvalue weighted by molar-refractivity contribution is 4.93. The number of unbranched alkanes of at least 4 members (excludes halogenated alkanes) is 19. The third-order valence-corrected chi connectivity index (χ3v) is 8.94. The summed E-state index contributed by atoms with van der Waals surface area (Å²) in [5, 5.41) is 0. The molecule has 0 saturated heterocycles. The minimum absolute atomic E-state index is 0.806. The summed E-state index contributed by atoms with van der Waals surface area (Å²) in [5.74, 6) is 0.806. The molecule has 262 valence electrons. The van der Waals surface area contributed by atoms with E-state index in [0.717, 1.165) is 18.8 Å². The van der Waals surface area contributed by atoms with E-state index in [1.54, 1.807) is 0 Å². The molecule has 0 unspecified atom stereocenters. The van der Waals surface area contributed by atoms with Crippen molar-refractivity contribution in [2.24, 2.45) is 5.92 Å². The average Bonchev–Trinajstić information content (AvgIpc) is 3.03. The highest BCUT2D eigenvalue weighted by Gasteiger charge is 2.05. The van der Waals surface area contributed by atoms with E-state index < -0.39 is 0 Å². The molecule has 0 aromatic carbocycles. The molecule has 0 heterocycles. The highest BCUT2D eigenvalue weighted by Crippen LogP contribution is 2.21. The van der Waals surface area contributed by atoms with Gasteiger partial charge in [-0.15, -0.1) is 0 Å². The Balaban J connectivity index is 3.93. The van der Waals surface area contributed by atoms with Gasteiger partial charge in [0.05, 0.1) is 0 Å². The van der Waals surface area contributed by atoms with E-state index in [1.807, 2.05) is 0 Å². The third kappa shape index (κ3) is 38.8. The molecule has 0 fully saturated rings. The number of hydrogen-bond donors (Lipinski definition) is 0. The summed E-state index contributed by atoms with van der Waals surface area (Å²) in [5.41, 5.74) is 0. The van der Waals surface area contributed by atoms with Crippen molar-refractivity contribution in [1.29, 1.82) is 0 Å². The molecule has 0 radical (unpaired) electrons. The number of nitrogens with zero attached hydrogens (tertiary/aromatic N) is 1. The minimum Gasteiger partial charge on any atom is -0.309 e. The standard InChI is InChI=1S/C44H81N/c1-5-7-9-11-13-15-17-19-21-23-25-27-29-31-33-36-40-44(42-38-35-39-43-45(3)4)41-37-34-32-30-28-26-24-22-20-18-16-14-12-10-8-6-2/h13-16,19-22,38,42,44H,5-12,17-18,23-37,39-41,43H2,1-4H3/b15-13-,16-14-,21-19-,22-20-,42-38+. The molecule has 1 heteroatoms. The molecule has 0 atom stereocenters. The lowest BCUT2D eigenvalue weighted by molar-refractivity contribution is 0.401. The fourth-order valence-corrected chi connectivity index (χ4v) is 5.94. The minimum atomic E-state index is 0.806. The van der Waals surface area contributed by atoms with Crippen molar-refractivity contribution in [3.8, 4) is 0 Å². The second-order valence-corrected chi connectivity index (χ2v) is 13.9. The summed E-state index contributed by atoms with van der Waals surface area (Å²) < 4.78 is 0. The molecule has 0 amide bonds. The van der Waals surface area contributed by atoms with Crippen LogP contribution in [0.3, 0.4) is 0 Å². The maximum absolute atomic E-state index is 2.59. The van der Waals surface area contributed by atoms with E-state index in [9.17, 15) is 0 Å². The quantitative estimate of drug-likeness (QED) is 0.0501. The van der Waals surface area contributed by atoms with Crippen molar-refractivity contribution in [2.45, 2.75) is 194 Å². The maximum Gasteiger partial charge on any atom is -0.00219 e. The molecular weight excluding hydrogens is 542 g/mol. The Morgan fingerprint density at radius 3 is 1.13 bits per heavy atom. The van der Waals surface area contributed by atoms with Crippen molar-refractivity contribution in [2.75, 3.05) is 20.6 Å². The zero-order valence-electron chi connectivity index (χ0n) is 31.3. The zero-order valence-corrected chi connectivity index (χ0v) is 31.3. The van der Waals surface area contributed by atoms with Crippen molar-refractivity contribution < 1.29 is 0 Å². The zero-order chi connectivity index (χ0) is 32.7. The van der Waals surface area contributed by atoms with Gasteiger partial charge in [-0.1, -0.05) is 164 Å². The van der Waals surface area contributed by atoms with Gasteiger partial charge in [-0.2, -0.15) is 0 Å². The Morgan fingerprint density at radius 2 is 0.733 bits per heavy atom. The second-order valence-electron chi connectivity index (χ2n) is 13.9. The Hall–Kier alpha value is -1.34.